The van der Waals surface area contributed by atoms with E-state index in [1.165, 1.54) is 0 Å². The molecule has 0 radical (unpaired) electrons. The van der Waals surface area contributed by atoms with Gasteiger partial charge in [0, 0.05) is 13.8 Å². The van der Waals surface area contributed by atoms with Crippen LogP contribution in [0.3, 0.4) is 0 Å². The fraction of sp³-hybridized carbons (Fsp3) is 0.600. The van der Waals surface area contributed by atoms with E-state index in [0.717, 1.165) is 13.8 Å². The van der Waals surface area contributed by atoms with E-state index in [2.05, 4.69) is 0 Å². The summed E-state index contributed by atoms with van der Waals surface area (Å²) in [4.78, 5) is 38.7. The molecule has 1 fully saturated rings. The van der Waals surface area contributed by atoms with E-state index in [0.29, 0.717) is 6.42 Å². The fourth-order valence-electron chi connectivity index (χ4n) is 1.05. The first kappa shape index (κ1) is 31.7. The van der Waals surface area contributed by atoms with Crippen molar-refractivity contribution in [3.05, 3.63) is 12.3 Å². The standard InChI is InChI=1S/C6H8O4.2C2H4O2.2H2N.Pt/c7-4(8)6(5(9)10)2-1-3-6;2*1-2(3)4;;;/h1-3H2,(H,7,8)(H,9,10);2*1H3,(H,3,4);2*1H2;/q;;;2*-1;+2. The van der Waals surface area contributed by atoms with Crippen LogP contribution in [0.2, 0.25) is 0 Å². The van der Waals surface area contributed by atoms with Gasteiger partial charge in [-0.3, -0.25) is 19.2 Å². The van der Waals surface area contributed by atoms with Crippen LogP contribution in [-0.2, 0) is 40.2 Å². The molecule has 8 N–H and O–H groups in total. The van der Waals surface area contributed by atoms with Gasteiger partial charge in [0.15, 0.2) is 5.41 Å². The number of carboxylic acid groups (broad SMARTS) is 4. The predicted molar refractivity (Wildman–Crippen MR) is 68.7 cm³/mol. The predicted octanol–water partition coefficient (Wildman–Crippen LogP) is 1.94. The first-order valence-corrected chi connectivity index (χ1v) is 4.92. The molecule has 1 saturated carbocycles. The van der Waals surface area contributed by atoms with Gasteiger partial charge in [0.05, 0.1) is 0 Å². The van der Waals surface area contributed by atoms with Crippen LogP contribution in [0.1, 0.15) is 33.1 Å². The van der Waals surface area contributed by atoms with Gasteiger partial charge in [-0.05, 0) is 19.3 Å². The largest absolute Gasteiger partial charge is 2.00 e. The molecule has 0 bridgehead atoms. The van der Waals surface area contributed by atoms with Crippen molar-refractivity contribution < 1.29 is 60.7 Å². The molecule has 0 aromatic rings. The van der Waals surface area contributed by atoms with E-state index in [9.17, 15) is 9.59 Å². The Morgan fingerprint density at radius 1 is 0.762 bits per heavy atom. The molecule has 0 unspecified atom stereocenters. The molecule has 0 spiro atoms. The third kappa shape index (κ3) is 14.7. The summed E-state index contributed by atoms with van der Waals surface area (Å²) >= 11 is 0. The van der Waals surface area contributed by atoms with Crippen LogP contribution in [0.15, 0.2) is 0 Å². The first-order valence-electron chi connectivity index (χ1n) is 4.92. The van der Waals surface area contributed by atoms with Gasteiger partial charge in [0.1, 0.15) is 0 Å². The second kappa shape index (κ2) is 14.9. The second-order valence-corrected chi connectivity index (χ2v) is 3.58. The monoisotopic (exact) mass is 491 g/mol. The zero-order valence-corrected chi connectivity index (χ0v) is 13.8. The minimum absolute atomic E-state index is 0. The maximum Gasteiger partial charge on any atom is 2.00 e. The molecule has 0 heterocycles. The Labute approximate surface area is 136 Å². The van der Waals surface area contributed by atoms with Crippen molar-refractivity contribution in [3.63, 3.8) is 0 Å². The van der Waals surface area contributed by atoms with E-state index in [1.807, 2.05) is 0 Å². The molecule has 0 aromatic carbocycles. The van der Waals surface area contributed by atoms with Crippen LogP contribution in [0.25, 0.3) is 12.3 Å². The van der Waals surface area contributed by atoms with Crippen LogP contribution >= 0.6 is 0 Å². The van der Waals surface area contributed by atoms with E-state index in [4.69, 9.17) is 30.0 Å². The Balaban J connectivity index is -0.0000000673. The van der Waals surface area contributed by atoms with Gasteiger partial charge < -0.3 is 32.7 Å². The number of aliphatic carboxylic acids is 4. The van der Waals surface area contributed by atoms with Crippen LogP contribution < -0.4 is 0 Å². The Morgan fingerprint density at radius 2 is 0.952 bits per heavy atom. The number of hydrogen-bond donors (Lipinski definition) is 4. The molecule has 10 nitrogen and oxygen atoms in total. The van der Waals surface area contributed by atoms with Crippen molar-refractivity contribution in [2.24, 2.45) is 5.41 Å². The summed E-state index contributed by atoms with van der Waals surface area (Å²) in [5.41, 5.74) is -1.44. The molecule has 0 atom stereocenters. The van der Waals surface area contributed by atoms with E-state index < -0.39 is 29.3 Å². The van der Waals surface area contributed by atoms with Crippen molar-refractivity contribution in [1.82, 2.24) is 0 Å². The van der Waals surface area contributed by atoms with Gasteiger partial charge in [-0.2, -0.15) is 0 Å². The summed E-state index contributed by atoms with van der Waals surface area (Å²) in [5.74, 6) is -4.07. The third-order valence-corrected chi connectivity index (χ3v) is 2.03. The molecule has 128 valence electrons. The van der Waals surface area contributed by atoms with Crippen molar-refractivity contribution in [2.45, 2.75) is 33.1 Å². The van der Waals surface area contributed by atoms with Gasteiger partial charge in [0.25, 0.3) is 11.9 Å². The molecule has 11 heteroatoms. The summed E-state index contributed by atoms with van der Waals surface area (Å²) in [6.45, 7) is 2.17. The Kier molecular flexibility index (Phi) is 22.5. The maximum atomic E-state index is 10.4. The van der Waals surface area contributed by atoms with Crippen LogP contribution in [-0.4, -0.2) is 44.3 Å². The number of nitrogens with two attached hydrogens (primary N) is 2. The maximum absolute atomic E-state index is 10.4. The molecule has 1 rings (SSSR count). The molecular weight excluding hydrogens is 471 g/mol. The second-order valence-electron chi connectivity index (χ2n) is 3.58. The summed E-state index contributed by atoms with van der Waals surface area (Å²) in [5, 5.41) is 31.8. The molecule has 0 aromatic heterocycles. The van der Waals surface area contributed by atoms with Gasteiger partial charge in [-0.1, -0.05) is 0 Å². The zero-order chi connectivity index (χ0) is 14.9. The normalized spacial score (nSPS) is 12.5. The van der Waals surface area contributed by atoms with Gasteiger partial charge >= 0.3 is 33.0 Å². The van der Waals surface area contributed by atoms with E-state index >= 15 is 0 Å². The SMILES string of the molecule is CC(=O)O.CC(=O)O.O=C(O)C1(C(=O)O)CCC1.[NH2-].[NH2-].[Pt+2]. The average molecular weight is 491 g/mol. The van der Waals surface area contributed by atoms with Gasteiger partial charge in [0.2, 0.25) is 0 Å². The minimum atomic E-state index is -1.44. The topological polar surface area (TPSA) is 216 Å². The van der Waals surface area contributed by atoms with Crippen molar-refractivity contribution >= 4 is 23.9 Å². The summed E-state index contributed by atoms with van der Waals surface area (Å²) in [7, 11) is 0. The average Bonchev–Trinajstić information content (AvgIpc) is 1.95. The molecule has 21 heavy (non-hydrogen) atoms. The summed E-state index contributed by atoms with van der Waals surface area (Å²) in [6.07, 6.45) is 1.26. The quantitative estimate of drug-likeness (QED) is 0.417. The van der Waals surface area contributed by atoms with Crippen LogP contribution in [0, 0.1) is 5.41 Å². The molecule has 1 aliphatic rings. The smallest absolute Gasteiger partial charge is 0.693 e. The Morgan fingerprint density at radius 3 is 0.952 bits per heavy atom. The van der Waals surface area contributed by atoms with E-state index in [1.54, 1.807) is 0 Å². The third-order valence-electron chi connectivity index (χ3n) is 2.03. The van der Waals surface area contributed by atoms with Gasteiger partial charge in [-0.15, -0.1) is 0 Å². The van der Waals surface area contributed by atoms with Crippen molar-refractivity contribution in [3.8, 4) is 0 Å². The summed E-state index contributed by atoms with van der Waals surface area (Å²) in [6, 6.07) is 0. The molecule has 0 saturated heterocycles. The number of carbonyl (C=O) groups is 4. The minimum Gasteiger partial charge on any atom is -0.693 e. The molecule has 0 aliphatic heterocycles. The van der Waals surface area contributed by atoms with Crippen molar-refractivity contribution in [1.29, 1.82) is 0 Å². The first-order chi connectivity index (χ1) is 8.06. The van der Waals surface area contributed by atoms with Gasteiger partial charge in [-0.25, -0.2) is 0 Å². The van der Waals surface area contributed by atoms with Crippen LogP contribution in [0.5, 0.6) is 0 Å². The number of rotatable bonds is 2. The van der Waals surface area contributed by atoms with Crippen molar-refractivity contribution in [2.75, 3.05) is 0 Å². The van der Waals surface area contributed by atoms with Crippen LogP contribution in [0.4, 0.5) is 0 Å². The molecule has 0 amide bonds. The Hall–Kier alpha value is -1.51. The number of carboxylic acids is 4. The molecular formula is C10H20N2O8Pt. The molecule has 1 aliphatic carbocycles. The Bertz CT molecular complexity index is 308. The zero-order valence-electron chi connectivity index (χ0n) is 11.5. The number of hydrogen-bond acceptors (Lipinski definition) is 4. The van der Waals surface area contributed by atoms with E-state index in [-0.39, 0.29) is 46.2 Å². The fourth-order valence-corrected chi connectivity index (χ4v) is 1.05. The summed E-state index contributed by atoms with van der Waals surface area (Å²) < 4.78 is 0.